The third-order valence-electron chi connectivity index (χ3n) is 4.28. The van der Waals surface area contributed by atoms with Crippen LogP contribution in [0.5, 0.6) is 0 Å². The number of halogens is 2. The largest absolute Gasteiger partial charge is 0.348 e. The molecule has 0 unspecified atom stereocenters. The van der Waals surface area contributed by atoms with E-state index in [0.29, 0.717) is 34.4 Å². The molecular weight excluding hydrogens is 369 g/mol. The van der Waals surface area contributed by atoms with Crippen LogP contribution in [0.15, 0.2) is 48.5 Å². The molecule has 0 aliphatic rings. The smallest absolute Gasteiger partial charge is 0.255 e. The van der Waals surface area contributed by atoms with Crippen LogP contribution >= 0.6 is 23.2 Å². The molecule has 134 valence electrons. The zero-order valence-electron chi connectivity index (χ0n) is 14.6. The van der Waals surface area contributed by atoms with Gasteiger partial charge in [0, 0.05) is 22.3 Å². The van der Waals surface area contributed by atoms with Gasteiger partial charge in [-0.1, -0.05) is 59.6 Å². The predicted molar refractivity (Wildman–Crippen MR) is 105 cm³/mol. The Bertz CT molecular complexity index is 950. The zero-order valence-corrected chi connectivity index (χ0v) is 16.1. The summed E-state index contributed by atoms with van der Waals surface area (Å²) in [5.74, 6) is -0.162. The van der Waals surface area contributed by atoms with Gasteiger partial charge in [0.2, 0.25) is 0 Å². The number of carbonyl (C=O) groups is 1. The van der Waals surface area contributed by atoms with Crippen LogP contribution in [-0.2, 0) is 13.1 Å². The molecule has 0 aliphatic carbocycles. The summed E-state index contributed by atoms with van der Waals surface area (Å²) in [5, 5.41) is 8.75. The monoisotopic (exact) mass is 387 g/mol. The second-order valence-electron chi connectivity index (χ2n) is 6.07. The number of amides is 1. The Balaban J connectivity index is 1.78. The third kappa shape index (κ3) is 3.92. The van der Waals surface area contributed by atoms with E-state index in [9.17, 15) is 4.79 Å². The molecule has 0 aliphatic heterocycles. The van der Waals surface area contributed by atoms with Gasteiger partial charge >= 0.3 is 0 Å². The maximum Gasteiger partial charge on any atom is 0.255 e. The summed E-state index contributed by atoms with van der Waals surface area (Å²) < 4.78 is 1.81. The Morgan fingerprint density at radius 1 is 1.00 bits per heavy atom. The molecule has 0 radical (unpaired) electrons. The molecule has 0 bridgehead atoms. The molecule has 0 saturated carbocycles. The highest BCUT2D eigenvalue weighted by molar-refractivity contribution is 6.31. The maximum atomic E-state index is 12.7. The first-order chi connectivity index (χ1) is 12.5. The first-order valence-corrected chi connectivity index (χ1v) is 9.02. The van der Waals surface area contributed by atoms with Gasteiger partial charge in [-0.25, -0.2) is 0 Å². The van der Waals surface area contributed by atoms with E-state index in [1.807, 2.05) is 56.3 Å². The fourth-order valence-corrected chi connectivity index (χ4v) is 3.27. The van der Waals surface area contributed by atoms with Crippen LogP contribution in [0, 0.1) is 13.8 Å². The second kappa shape index (κ2) is 7.94. The Kier molecular flexibility index (Phi) is 5.64. The van der Waals surface area contributed by atoms with Crippen LogP contribution in [0.25, 0.3) is 0 Å². The van der Waals surface area contributed by atoms with Crippen molar-refractivity contribution in [2.75, 3.05) is 0 Å². The maximum absolute atomic E-state index is 12.7. The average molecular weight is 388 g/mol. The van der Waals surface area contributed by atoms with E-state index in [4.69, 9.17) is 23.2 Å². The van der Waals surface area contributed by atoms with Crippen molar-refractivity contribution in [1.29, 1.82) is 0 Å². The van der Waals surface area contributed by atoms with Gasteiger partial charge in [0.15, 0.2) is 0 Å². The average Bonchev–Trinajstić information content (AvgIpc) is 2.89. The minimum atomic E-state index is -0.162. The zero-order chi connectivity index (χ0) is 18.7. The van der Waals surface area contributed by atoms with E-state index in [0.717, 1.165) is 16.8 Å². The molecule has 26 heavy (non-hydrogen) atoms. The van der Waals surface area contributed by atoms with Crippen molar-refractivity contribution in [2.24, 2.45) is 0 Å². The highest BCUT2D eigenvalue weighted by Gasteiger charge is 2.19. The van der Waals surface area contributed by atoms with E-state index in [1.54, 1.807) is 10.7 Å². The number of carbonyl (C=O) groups excluding carboxylic acids is 1. The summed E-state index contributed by atoms with van der Waals surface area (Å²) in [4.78, 5) is 12.7. The van der Waals surface area contributed by atoms with E-state index >= 15 is 0 Å². The van der Waals surface area contributed by atoms with Crippen LogP contribution in [0.3, 0.4) is 0 Å². The first-order valence-electron chi connectivity index (χ1n) is 8.26. The lowest BCUT2D eigenvalue weighted by Crippen LogP contribution is -2.24. The van der Waals surface area contributed by atoms with Crippen molar-refractivity contribution in [3.63, 3.8) is 0 Å². The molecule has 1 amide bonds. The minimum Gasteiger partial charge on any atom is -0.348 e. The van der Waals surface area contributed by atoms with Gasteiger partial charge < -0.3 is 5.32 Å². The Morgan fingerprint density at radius 3 is 2.19 bits per heavy atom. The van der Waals surface area contributed by atoms with Crippen molar-refractivity contribution >= 4 is 29.1 Å². The normalized spacial score (nSPS) is 10.8. The van der Waals surface area contributed by atoms with Crippen molar-refractivity contribution < 1.29 is 4.79 Å². The van der Waals surface area contributed by atoms with E-state index in [2.05, 4.69) is 10.4 Å². The third-order valence-corrected chi connectivity index (χ3v) is 5.02. The number of aromatic nitrogens is 2. The van der Waals surface area contributed by atoms with Gasteiger partial charge in [-0.05, 0) is 37.1 Å². The lowest BCUT2D eigenvalue weighted by molar-refractivity contribution is 0.0949. The van der Waals surface area contributed by atoms with E-state index in [-0.39, 0.29) is 5.91 Å². The lowest BCUT2D eigenvalue weighted by atomic mass is 10.1. The van der Waals surface area contributed by atoms with Crippen molar-refractivity contribution in [1.82, 2.24) is 15.1 Å². The quantitative estimate of drug-likeness (QED) is 0.684. The number of nitrogens with zero attached hydrogens (tertiary/aromatic N) is 2. The van der Waals surface area contributed by atoms with Crippen LogP contribution in [0.1, 0.15) is 32.9 Å². The Labute approximate surface area is 162 Å². The van der Waals surface area contributed by atoms with Gasteiger partial charge in [0.05, 0.1) is 17.8 Å². The first kappa shape index (κ1) is 18.5. The molecule has 0 fully saturated rings. The number of hydrogen-bond donors (Lipinski definition) is 1. The van der Waals surface area contributed by atoms with Gasteiger partial charge in [0.25, 0.3) is 5.91 Å². The summed E-state index contributed by atoms with van der Waals surface area (Å²) in [6.45, 7) is 4.61. The second-order valence-corrected chi connectivity index (χ2v) is 6.88. The standard InChI is InChI=1S/C20H19Cl2N3O/c1-13-19(20(26)23-11-15-7-3-5-9-17(15)21)14(2)25(24-13)12-16-8-4-6-10-18(16)22/h3-10H,11-12H2,1-2H3,(H,23,26). The number of hydrogen-bond acceptors (Lipinski definition) is 2. The summed E-state index contributed by atoms with van der Waals surface area (Å²) in [7, 11) is 0. The van der Waals surface area contributed by atoms with Crippen LogP contribution in [0.4, 0.5) is 0 Å². The van der Waals surface area contributed by atoms with Crippen LogP contribution < -0.4 is 5.32 Å². The summed E-state index contributed by atoms with van der Waals surface area (Å²) in [5.41, 5.74) is 3.92. The molecule has 3 aromatic rings. The molecular formula is C20H19Cl2N3O. The Morgan fingerprint density at radius 2 is 1.58 bits per heavy atom. The molecule has 1 aromatic heterocycles. The number of nitrogens with one attached hydrogen (secondary N) is 1. The fraction of sp³-hybridized carbons (Fsp3) is 0.200. The molecule has 1 N–H and O–H groups in total. The molecule has 4 nitrogen and oxygen atoms in total. The number of aryl methyl sites for hydroxylation is 1. The molecule has 1 heterocycles. The molecule has 6 heteroatoms. The number of benzene rings is 2. The summed E-state index contributed by atoms with van der Waals surface area (Å²) >= 11 is 12.4. The lowest BCUT2D eigenvalue weighted by Gasteiger charge is -2.09. The van der Waals surface area contributed by atoms with Crippen LogP contribution in [-0.4, -0.2) is 15.7 Å². The van der Waals surface area contributed by atoms with Gasteiger partial charge in [-0.2, -0.15) is 5.10 Å². The summed E-state index contributed by atoms with van der Waals surface area (Å²) in [6.07, 6.45) is 0. The van der Waals surface area contributed by atoms with Gasteiger partial charge in [0.1, 0.15) is 0 Å². The molecule has 3 rings (SSSR count). The van der Waals surface area contributed by atoms with Crippen molar-refractivity contribution in [3.05, 3.63) is 86.7 Å². The Hall–Kier alpha value is -2.30. The van der Waals surface area contributed by atoms with Gasteiger partial charge in [-0.3, -0.25) is 9.48 Å². The highest BCUT2D eigenvalue weighted by Crippen LogP contribution is 2.20. The molecule has 2 aromatic carbocycles. The van der Waals surface area contributed by atoms with E-state index < -0.39 is 0 Å². The topological polar surface area (TPSA) is 46.9 Å². The molecule has 0 saturated heterocycles. The highest BCUT2D eigenvalue weighted by atomic mass is 35.5. The summed E-state index contributed by atoms with van der Waals surface area (Å²) in [6, 6.07) is 15.1. The molecule has 0 spiro atoms. The van der Waals surface area contributed by atoms with E-state index in [1.165, 1.54) is 0 Å². The number of rotatable bonds is 5. The SMILES string of the molecule is Cc1nn(Cc2ccccc2Cl)c(C)c1C(=O)NCc1ccccc1Cl. The van der Waals surface area contributed by atoms with Crippen molar-refractivity contribution in [2.45, 2.75) is 26.9 Å². The van der Waals surface area contributed by atoms with Gasteiger partial charge in [-0.15, -0.1) is 0 Å². The van der Waals surface area contributed by atoms with Crippen LogP contribution in [0.2, 0.25) is 10.0 Å². The predicted octanol–water partition coefficient (Wildman–Crippen LogP) is 4.79. The molecule has 0 atom stereocenters. The van der Waals surface area contributed by atoms with Crippen molar-refractivity contribution in [3.8, 4) is 0 Å². The minimum absolute atomic E-state index is 0.162. The fourth-order valence-electron chi connectivity index (χ4n) is 2.87.